The van der Waals surface area contributed by atoms with E-state index >= 15 is 0 Å². The normalized spacial score (nSPS) is 26.3. The van der Waals surface area contributed by atoms with Crippen molar-refractivity contribution in [3.05, 3.63) is 23.2 Å². The zero-order valence-electron chi connectivity index (χ0n) is 16.6. The summed E-state index contributed by atoms with van der Waals surface area (Å²) in [6.45, 7) is 5.95. The molecule has 1 saturated carbocycles. The number of nitrogens with zero attached hydrogens (tertiary/aromatic N) is 1. The number of nitrogens with one attached hydrogen (secondary N) is 2. The predicted octanol–water partition coefficient (Wildman–Crippen LogP) is 3.42. The van der Waals surface area contributed by atoms with Gasteiger partial charge in [-0.2, -0.15) is 0 Å². The van der Waals surface area contributed by atoms with Crippen molar-refractivity contribution in [2.75, 3.05) is 19.0 Å². The fourth-order valence-corrected chi connectivity index (χ4v) is 5.00. The molecule has 0 aromatic heterocycles. The largest absolute Gasteiger partial charge is 0.495 e. The molecular formula is C20H26ClN3O4. The lowest BCUT2D eigenvalue weighted by Crippen LogP contribution is -2.54. The standard InChI is InChI=1S/C20H26ClN3O4/c1-12-8-19(2,3)11-20(9-12)17(26)24(18(27)23-20)10-16(25)22-13-5-6-15(28-4)14(21)7-13/h5-7,12H,8-11H2,1-4H3,(H,22,25)(H,23,27)/t12-,20+/m0/s1. The van der Waals surface area contributed by atoms with Crippen molar-refractivity contribution in [2.45, 2.75) is 45.6 Å². The first-order valence-electron chi connectivity index (χ1n) is 9.33. The first-order valence-corrected chi connectivity index (χ1v) is 9.70. The molecule has 8 heteroatoms. The summed E-state index contributed by atoms with van der Waals surface area (Å²) in [5, 5.41) is 5.89. The van der Waals surface area contributed by atoms with E-state index in [1.54, 1.807) is 18.2 Å². The minimum Gasteiger partial charge on any atom is -0.495 e. The number of hydrogen-bond acceptors (Lipinski definition) is 4. The maximum atomic E-state index is 13.1. The number of imide groups is 1. The van der Waals surface area contributed by atoms with E-state index in [0.29, 0.717) is 35.2 Å². The van der Waals surface area contributed by atoms with Crippen LogP contribution in [0.5, 0.6) is 5.75 Å². The average Bonchev–Trinajstić information content (AvgIpc) is 2.76. The van der Waals surface area contributed by atoms with Crippen LogP contribution in [0.15, 0.2) is 18.2 Å². The van der Waals surface area contributed by atoms with E-state index in [1.165, 1.54) is 7.11 Å². The SMILES string of the molecule is COc1ccc(NC(=O)CN2C(=O)N[C@@]3(C[C@@H](C)CC(C)(C)C3)C2=O)cc1Cl. The van der Waals surface area contributed by atoms with Gasteiger partial charge in [0.1, 0.15) is 17.8 Å². The molecule has 0 radical (unpaired) electrons. The number of carbonyl (C=O) groups excluding carboxylic acids is 3. The molecular weight excluding hydrogens is 382 g/mol. The van der Waals surface area contributed by atoms with E-state index in [9.17, 15) is 14.4 Å². The van der Waals surface area contributed by atoms with E-state index in [1.807, 2.05) is 0 Å². The summed E-state index contributed by atoms with van der Waals surface area (Å²) < 4.78 is 5.08. The maximum absolute atomic E-state index is 13.1. The maximum Gasteiger partial charge on any atom is 0.325 e. The van der Waals surface area contributed by atoms with Gasteiger partial charge in [-0.25, -0.2) is 4.79 Å². The van der Waals surface area contributed by atoms with Gasteiger partial charge in [-0.05, 0) is 48.8 Å². The van der Waals surface area contributed by atoms with Gasteiger partial charge in [-0.15, -0.1) is 0 Å². The van der Waals surface area contributed by atoms with Gasteiger partial charge in [0.25, 0.3) is 5.91 Å². The molecule has 1 aromatic rings. The molecule has 1 aliphatic carbocycles. The van der Waals surface area contributed by atoms with E-state index in [0.717, 1.165) is 11.3 Å². The molecule has 2 aliphatic rings. The first-order chi connectivity index (χ1) is 13.0. The van der Waals surface area contributed by atoms with Crippen LogP contribution in [-0.2, 0) is 9.59 Å². The minimum absolute atomic E-state index is 0.0568. The van der Waals surface area contributed by atoms with Crippen LogP contribution in [0.1, 0.15) is 40.0 Å². The molecule has 7 nitrogen and oxygen atoms in total. The highest BCUT2D eigenvalue weighted by molar-refractivity contribution is 6.32. The molecule has 1 spiro atoms. The number of amides is 4. The van der Waals surface area contributed by atoms with Crippen LogP contribution in [-0.4, -0.2) is 41.9 Å². The van der Waals surface area contributed by atoms with Crippen molar-refractivity contribution in [1.29, 1.82) is 0 Å². The summed E-state index contributed by atoms with van der Waals surface area (Å²) in [4.78, 5) is 39.0. The predicted molar refractivity (Wildman–Crippen MR) is 106 cm³/mol. The molecule has 2 fully saturated rings. The van der Waals surface area contributed by atoms with Gasteiger partial charge in [-0.1, -0.05) is 32.4 Å². The molecule has 2 atom stereocenters. The minimum atomic E-state index is -0.915. The Balaban J connectivity index is 1.70. The van der Waals surface area contributed by atoms with E-state index < -0.39 is 17.5 Å². The highest BCUT2D eigenvalue weighted by Gasteiger charge is 2.56. The third-order valence-corrected chi connectivity index (χ3v) is 5.66. The van der Waals surface area contributed by atoms with Gasteiger partial charge in [0.05, 0.1) is 12.1 Å². The number of anilines is 1. The summed E-state index contributed by atoms with van der Waals surface area (Å²) in [6.07, 6.45) is 2.16. The molecule has 0 bridgehead atoms. The van der Waals surface area contributed by atoms with Crippen LogP contribution >= 0.6 is 11.6 Å². The van der Waals surface area contributed by atoms with E-state index in [2.05, 4.69) is 31.4 Å². The number of carbonyl (C=O) groups is 3. The van der Waals surface area contributed by atoms with Crippen molar-refractivity contribution in [3.63, 3.8) is 0 Å². The summed E-state index contributed by atoms with van der Waals surface area (Å²) in [7, 11) is 1.50. The summed E-state index contributed by atoms with van der Waals surface area (Å²) >= 11 is 6.06. The molecule has 3 rings (SSSR count). The van der Waals surface area contributed by atoms with Crippen LogP contribution in [0.4, 0.5) is 10.5 Å². The molecule has 1 saturated heterocycles. The van der Waals surface area contributed by atoms with Crippen molar-refractivity contribution < 1.29 is 19.1 Å². The molecule has 152 valence electrons. The zero-order chi connectivity index (χ0) is 20.7. The van der Waals surface area contributed by atoms with Gasteiger partial charge >= 0.3 is 6.03 Å². The summed E-state index contributed by atoms with van der Waals surface area (Å²) in [5.74, 6) is 0.0119. The molecule has 4 amide bonds. The Morgan fingerprint density at radius 1 is 1.36 bits per heavy atom. The lowest BCUT2D eigenvalue weighted by atomic mass is 9.64. The summed E-state index contributed by atoms with van der Waals surface area (Å²) in [6, 6.07) is 4.31. The van der Waals surface area contributed by atoms with Gasteiger partial charge < -0.3 is 15.4 Å². The van der Waals surface area contributed by atoms with Gasteiger partial charge in [-0.3, -0.25) is 14.5 Å². The number of ether oxygens (including phenoxy) is 1. The number of benzene rings is 1. The molecule has 1 aliphatic heterocycles. The van der Waals surface area contributed by atoms with Crippen LogP contribution in [0.2, 0.25) is 5.02 Å². The van der Waals surface area contributed by atoms with Crippen LogP contribution in [0, 0.1) is 11.3 Å². The van der Waals surface area contributed by atoms with Gasteiger partial charge in [0, 0.05) is 5.69 Å². The molecule has 1 aromatic carbocycles. The van der Waals surface area contributed by atoms with Gasteiger partial charge in [0.15, 0.2) is 0 Å². The lowest BCUT2D eigenvalue weighted by Gasteiger charge is -2.43. The van der Waals surface area contributed by atoms with Crippen molar-refractivity contribution in [1.82, 2.24) is 10.2 Å². The quantitative estimate of drug-likeness (QED) is 0.748. The fraction of sp³-hybridized carbons (Fsp3) is 0.550. The number of methoxy groups -OCH3 is 1. The number of hydrogen-bond donors (Lipinski definition) is 2. The molecule has 1 heterocycles. The Labute approximate surface area is 169 Å². The highest BCUT2D eigenvalue weighted by atomic mass is 35.5. The zero-order valence-corrected chi connectivity index (χ0v) is 17.4. The third kappa shape index (κ3) is 3.94. The van der Waals surface area contributed by atoms with Crippen LogP contribution < -0.4 is 15.4 Å². The second kappa shape index (κ2) is 7.28. The van der Waals surface area contributed by atoms with Crippen molar-refractivity contribution in [2.24, 2.45) is 11.3 Å². The number of rotatable bonds is 4. The highest BCUT2D eigenvalue weighted by Crippen LogP contribution is 2.46. The topological polar surface area (TPSA) is 87.7 Å². The van der Waals surface area contributed by atoms with Crippen molar-refractivity contribution >= 4 is 35.1 Å². The van der Waals surface area contributed by atoms with Crippen LogP contribution in [0.3, 0.4) is 0 Å². The lowest BCUT2D eigenvalue weighted by molar-refractivity contribution is -0.136. The first kappa shape index (κ1) is 20.5. The van der Waals surface area contributed by atoms with Crippen molar-refractivity contribution in [3.8, 4) is 5.75 Å². The summed E-state index contributed by atoms with van der Waals surface area (Å²) in [5.41, 5.74) is -0.509. The molecule has 2 N–H and O–H groups in total. The van der Waals surface area contributed by atoms with Gasteiger partial charge in [0.2, 0.25) is 5.91 Å². The van der Waals surface area contributed by atoms with Crippen LogP contribution in [0.25, 0.3) is 0 Å². The van der Waals surface area contributed by atoms with E-state index in [4.69, 9.17) is 16.3 Å². The molecule has 28 heavy (non-hydrogen) atoms. The number of urea groups is 1. The third-order valence-electron chi connectivity index (χ3n) is 5.36. The van der Waals surface area contributed by atoms with E-state index in [-0.39, 0.29) is 17.9 Å². The fourth-order valence-electron chi connectivity index (χ4n) is 4.74. The Morgan fingerprint density at radius 2 is 2.07 bits per heavy atom. The smallest absolute Gasteiger partial charge is 0.325 e. The monoisotopic (exact) mass is 407 g/mol. The second-order valence-electron chi connectivity index (χ2n) is 8.66. The number of halogens is 1. The Morgan fingerprint density at radius 3 is 2.68 bits per heavy atom. The Kier molecular flexibility index (Phi) is 5.32. The second-order valence-corrected chi connectivity index (χ2v) is 9.06. The average molecular weight is 408 g/mol. The molecule has 0 unspecified atom stereocenters. The Bertz CT molecular complexity index is 826. The Hall–Kier alpha value is -2.28.